The van der Waals surface area contributed by atoms with Crippen LogP contribution in [0.5, 0.6) is 0 Å². The summed E-state index contributed by atoms with van der Waals surface area (Å²) in [7, 11) is 0. The van der Waals surface area contributed by atoms with Crippen LogP contribution in [0.4, 0.5) is 0 Å². The first-order valence-corrected chi connectivity index (χ1v) is 6.15. The van der Waals surface area contributed by atoms with Gasteiger partial charge in [-0.25, -0.2) is 0 Å². The minimum Gasteiger partial charge on any atom is -0.0648 e. The van der Waals surface area contributed by atoms with Crippen LogP contribution in [0.3, 0.4) is 0 Å². The van der Waals surface area contributed by atoms with Crippen molar-refractivity contribution in [2.75, 3.05) is 0 Å². The van der Waals surface area contributed by atoms with E-state index in [1.807, 2.05) is 0 Å². The molecule has 86 valence electrons. The van der Waals surface area contributed by atoms with Gasteiger partial charge in [-0.3, -0.25) is 0 Å². The topological polar surface area (TPSA) is 0 Å². The van der Waals surface area contributed by atoms with Crippen molar-refractivity contribution >= 4 is 0 Å². The van der Waals surface area contributed by atoms with Crippen LogP contribution in [-0.2, 0) is 0 Å². The molecule has 0 fully saturated rings. The molecule has 0 saturated heterocycles. The molecule has 0 aliphatic carbocycles. The molecule has 0 aromatic carbocycles. The Balaban J connectivity index is 4.68. The summed E-state index contributed by atoms with van der Waals surface area (Å²) in [6.07, 6.45) is 2.63. The first-order valence-electron chi connectivity index (χ1n) is 6.15. The van der Waals surface area contributed by atoms with Gasteiger partial charge in [0.05, 0.1) is 0 Å². The van der Waals surface area contributed by atoms with Crippen molar-refractivity contribution in [2.24, 2.45) is 22.7 Å². The lowest BCUT2D eigenvalue weighted by Gasteiger charge is -2.47. The summed E-state index contributed by atoms with van der Waals surface area (Å²) in [6, 6.07) is 0. The van der Waals surface area contributed by atoms with Crippen molar-refractivity contribution in [3.05, 3.63) is 0 Å². The van der Waals surface area contributed by atoms with E-state index in [0.29, 0.717) is 10.8 Å². The highest BCUT2D eigenvalue weighted by atomic mass is 14.4. The molecule has 0 spiro atoms. The van der Waals surface area contributed by atoms with E-state index in [9.17, 15) is 0 Å². The second kappa shape index (κ2) is 4.68. The van der Waals surface area contributed by atoms with E-state index in [2.05, 4.69) is 55.4 Å². The Hall–Kier alpha value is 0. The summed E-state index contributed by atoms with van der Waals surface area (Å²) in [5.74, 6) is 1.63. The van der Waals surface area contributed by atoms with E-state index in [0.717, 1.165) is 11.8 Å². The predicted molar refractivity (Wildman–Crippen MR) is 66.5 cm³/mol. The standard InChI is InChI=1S/C14H30/c1-9-14(8,13(5,6)7)12(4)10-11(2)3/h11-12H,9-10H2,1-8H3. The average molecular weight is 198 g/mol. The van der Waals surface area contributed by atoms with Crippen molar-refractivity contribution in [3.8, 4) is 0 Å². The van der Waals surface area contributed by atoms with Gasteiger partial charge in [-0.2, -0.15) is 0 Å². The summed E-state index contributed by atoms with van der Waals surface area (Å²) in [5.41, 5.74) is 0.882. The molecule has 0 saturated carbocycles. The Kier molecular flexibility index (Phi) is 4.68. The van der Waals surface area contributed by atoms with Gasteiger partial charge in [0.1, 0.15) is 0 Å². The Morgan fingerprint density at radius 1 is 0.929 bits per heavy atom. The second-order valence-corrected chi connectivity index (χ2v) is 6.55. The third-order valence-electron chi connectivity index (χ3n) is 4.36. The molecular formula is C14H30. The summed E-state index contributed by atoms with van der Waals surface area (Å²) in [5, 5.41) is 0. The molecule has 0 radical (unpaired) electrons. The highest BCUT2D eigenvalue weighted by molar-refractivity contribution is 4.89. The lowest BCUT2D eigenvalue weighted by molar-refractivity contribution is 0.0279. The van der Waals surface area contributed by atoms with Gasteiger partial charge in [0.2, 0.25) is 0 Å². The van der Waals surface area contributed by atoms with Crippen LogP contribution >= 0.6 is 0 Å². The van der Waals surface area contributed by atoms with E-state index < -0.39 is 0 Å². The maximum atomic E-state index is 2.46. The molecule has 14 heavy (non-hydrogen) atoms. The fourth-order valence-corrected chi connectivity index (χ4v) is 2.59. The molecule has 0 bridgehead atoms. The smallest absolute Gasteiger partial charge is 0.0254 e. The van der Waals surface area contributed by atoms with Gasteiger partial charge in [-0.15, -0.1) is 0 Å². The van der Waals surface area contributed by atoms with Crippen LogP contribution in [0.2, 0.25) is 0 Å². The van der Waals surface area contributed by atoms with Gasteiger partial charge < -0.3 is 0 Å². The third-order valence-corrected chi connectivity index (χ3v) is 4.36. The van der Waals surface area contributed by atoms with E-state index >= 15 is 0 Å². The molecule has 2 atom stereocenters. The minimum atomic E-state index is 0.413. The average Bonchev–Trinajstić information content (AvgIpc) is 1.99. The molecular weight excluding hydrogens is 168 g/mol. The van der Waals surface area contributed by atoms with E-state index in [-0.39, 0.29) is 0 Å². The second-order valence-electron chi connectivity index (χ2n) is 6.55. The molecule has 0 aliphatic rings. The van der Waals surface area contributed by atoms with E-state index in [1.54, 1.807) is 0 Å². The van der Waals surface area contributed by atoms with Gasteiger partial charge in [0, 0.05) is 0 Å². The van der Waals surface area contributed by atoms with Crippen molar-refractivity contribution < 1.29 is 0 Å². The van der Waals surface area contributed by atoms with Gasteiger partial charge in [-0.05, 0) is 35.5 Å². The van der Waals surface area contributed by atoms with Gasteiger partial charge in [-0.1, -0.05) is 55.4 Å². The zero-order valence-electron chi connectivity index (χ0n) is 11.6. The van der Waals surface area contributed by atoms with Crippen molar-refractivity contribution in [3.63, 3.8) is 0 Å². The highest BCUT2D eigenvalue weighted by Gasteiger charge is 2.40. The zero-order chi connectivity index (χ0) is 11.6. The Bertz CT molecular complexity index is 161. The summed E-state index contributed by atoms with van der Waals surface area (Å²) < 4.78 is 0. The molecule has 0 aliphatic heterocycles. The lowest BCUT2D eigenvalue weighted by atomic mass is 9.58. The van der Waals surface area contributed by atoms with Gasteiger partial charge >= 0.3 is 0 Å². The van der Waals surface area contributed by atoms with Crippen molar-refractivity contribution in [2.45, 2.75) is 68.2 Å². The fraction of sp³-hybridized carbons (Fsp3) is 1.00. The quantitative estimate of drug-likeness (QED) is 0.587. The first-order chi connectivity index (χ1) is 6.15. The molecule has 0 heteroatoms. The van der Waals surface area contributed by atoms with Crippen molar-refractivity contribution in [1.29, 1.82) is 0 Å². The Morgan fingerprint density at radius 2 is 1.36 bits per heavy atom. The van der Waals surface area contributed by atoms with Gasteiger partial charge in [0.25, 0.3) is 0 Å². The summed E-state index contributed by atoms with van der Waals surface area (Å²) in [4.78, 5) is 0. The number of hydrogen-bond acceptors (Lipinski definition) is 0. The first kappa shape index (κ1) is 14.0. The largest absolute Gasteiger partial charge is 0.0648 e. The predicted octanol–water partition coefficient (Wildman–Crippen LogP) is 5.13. The Labute approximate surface area is 91.5 Å². The molecule has 0 N–H and O–H groups in total. The summed E-state index contributed by atoms with van der Waals surface area (Å²) in [6.45, 7) is 19.0. The molecule has 0 aromatic heterocycles. The van der Waals surface area contributed by atoms with Crippen LogP contribution < -0.4 is 0 Å². The molecule has 0 rings (SSSR count). The maximum Gasteiger partial charge on any atom is -0.0254 e. The monoisotopic (exact) mass is 198 g/mol. The van der Waals surface area contributed by atoms with Crippen LogP contribution in [0, 0.1) is 22.7 Å². The van der Waals surface area contributed by atoms with Crippen LogP contribution in [0.15, 0.2) is 0 Å². The number of rotatable bonds is 4. The van der Waals surface area contributed by atoms with E-state index in [4.69, 9.17) is 0 Å². The van der Waals surface area contributed by atoms with E-state index in [1.165, 1.54) is 12.8 Å². The summed E-state index contributed by atoms with van der Waals surface area (Å²) >= 11 is 0. The molecule has 0 heterocycles. The molecule has 2 unspecified atom stereocenters. The molecule has 0 nitrogen and oxygen atoms in total. The van der Waals surface area contributed by atoms with Crippen LogP contribution in [0.25, 0.3) is 0 Å². The normalized spacial score (nSPS) is 19.5. The number of hydrogen-bond donors (Lipinski definition) is 0. The third kappa shape index (κ3) is 3.00. The Morgan fingerprint density at radius 3 is 1.57 bits per heavy atom. The van der Waals surface area contributed by atoms with Crippen molar-refractivity contribution in [1.82, 2.24) is 0 Å². The van der Waals surface area contributed by atoms with Crippen LogP contribution in [-0.4, -0.2) is 0 Å². The lowest BCUT2D eigenvalue weighted by Crippen LogP contribution is -2.38. The minimum absolute atomic E-state index is 0.413. The highest BCUT2D eigenvalue weighted by Crippen LogP contribution is 2.48. The maximum absolute atomic E-state index is 2.46. The zero-order valence-corrected chi connectivity index (χ0v) is 11.6. The van der Waals surface area contributed by atoms with Crippen LogP contribution in [0.1, 0.15) is 68.2 Å². The fourth-order valence-electron chi connectivity index (χ4n) is 2.59. The SMILES string of the molecule is CCC(C)(C(C)CC(C)C)C(C)(C)C. The molecule has 0 aromatic rings. The van der Waals surface area contributed by atoms with Gasteiger partial charge in [0.15, 0.2) is 0 Å². The molecule has 0 amide bonds.